The van der Waals surface area contributed by atoms with Gasteiger partial charge in [0.25, 0.3) is 0 Å². The van der Waals surface area contributed by atoms with Gasteiger partial charge in [0, 0.05) is 12.0 Å². The normalized spacial score (nSPS) is 12.7. The maximum Gasteiger partial charge on any atom is 0.243 e. The predicted octanol–water partition coefficient (Wildman–Crippen LogP) is 2.32. The summed E-state index contributed by atoms with van der Waals surface area (Å²) >= 11 is 0. The molecular weight excluding hydrogens is 242 g/mol. The lowest BCUT2D eigenvalue weighted by Crippen LogP contribution is -2.17. The van der Waals surface area contributed by atoms with Crippen LogP contribution in [-0.4, -0.2) is 17.3 Å². The predicted molar refractivity (Wildman–Crippen MR) is 71.9 cm³/mol. The third-order valence-electron chi connectivity index (χ3n) is 3.03. The summed E-state index contributed by atoms with van der Waals surface area (Å²) in [4.78, 5) is 4.34. The van der Waals surface area contributed by atoms with E-state index < -0.39 is 0 Å². The highest BCUT2D eigenvalue weighted by Gasteiger charge is 2.18. The summed E-state index contributed by atoms with van der Waals surface area (Å²) in [6, 6.07) is 7.56. The van der Waals surface area contributed by atoms with Crippen molar-refractivity contribution in [2.24, 2.45) is 11.7 Å². The summed E-state index contributed by atoms with van der Waals surface area (Å²) in [6.45, 7) is 4.05. The molecule has 2 aromatic rings. The molecule has 0 aliphatic carbocycles. The molecule has 1 atom stereocenters. The molecule has 2 N–H and O–H groups in total. The van der Waals surface area contributed by atoms with Crippen molar-refractivity contribution >= 4 is 0 Å². The van der Waals surface area contributed by atoms with E-state index in [9.17, 15) is 0 Å². The van der Waals surface area contributed by atoms with Gasteiger partial charge in [-0.15, -0.1) is 0 Å². The van der Waals surface area contributed by atoms with E-state index in [0.717, 1.165) is 11.3 Å². The number of para-hydroxylation sites is 1. The number of methoxy groups -OCH3 is 1. The molecule has 2 rings (SSSR count). The number of hydrogen-bond donors (Lipinski definition) is 1. The molecule has 5 nitrogen and oxygen atoms in total. The van der Waals surface area contributed by atoms with Crippen LogP contribution in [0.4, 0.5) is 0 Å². The molecule has 0 fully saturated rings. The van der Waals surface area contributed by atoms with Crippen molar-refractivity contribution in [1.29, 1.82) is 0 Å². The van der Waals surface area contributed by atoms with Crippen LogP contribution in [0.5, 0.6) is 5.75 Å². The van der Waals surface area contributed by atoms with Crippen molar-refractivity contribution < 1.29 is 9.26 Å². The minimum Gasteiger partial charge on any atom is -0.496 e. The highest BCUT2D eigenvalue weighted by atomic mass is 16.5. The number of benzene rings is 1. The van der Waals surface area contributed by atoms with Gasteiger partial charge >= 0.3 is 0 Å². The molecule has 5 heteroatoms. The van der Waals surface area contributed by atoms with Gasteiger partial charge in [-0.05, 0) is 12.0 Å². The van der Waals surface area contributed by atoms with Crippen LogP contribution < -0.4 is 10.5 Å². The standard InChI is InChI=1S/C14H19N3O2/c1-9(2)13(15)14-16-12(17-19-14)8-10-6-4-5-7-11(10)18-3/h4-7,9,13H,8,15H2,1-3H3/t13-/m1/s1. The average molecular weight is 261 g/mol. The minimum absolute atomic E-state index is 0.223. The summed E-state index contributed by atoms with van der Waals surface area (Å²) in [5.41, 5.74) is 7.00. The van der Waals surface area contributed by atoms with Crippen molar-refractivity contribution in [3.8, 4) is 5.75 Å². The van der Waals surface area contributed by atoms with Crippen LogP contribution in [0.2, 0.25) is 0 Å². The molecule has 1 aromatic carbocycles. The van der Waals surface area contributed by atoms with Crippen molar-refractivity contribution in [3.63, 3.8) is 0 Å². The number of ether oxygens (including phenoxy) is 1. The van der Waals surface area contributed by atoms with Crippen LogP contribution in [0, 0.1) is 5.92 Å². The van der Waals surface area contributed by atoms with Gasteiger partial charge < -0.3 is 15.0 Å². The second-order valence-electron chi connectivity index (χ2n) is 4.81. The van der Waals surface area contributed by atoms with Gasteiger partial charge in [-0.1, -0.05) is 37.2 Å². The molecule has 19 heavy (non-hydrogen) atoms. The van der Waals surface area contributed by atoms with Crippen LogP contribution in [0.1, 0.15) is 37.2 Å². The lowest BCUT2D eigenvalue weighted by Gasteiger charge is -2.09. The molecule has 0 amide bonds. The van der Waals surface area contributed by atoms with E-state index in [4.69, 9.17) is 15.0 Å². The highest BCUT2D eigenvalue weighted by molar-refractivity contribution is 5.35. The zero-order valence-corrected chi connectivity index (χ0v) is 11.5. The Morgan fingerprint density at radius 3 is 2.74 bits per heavy atom. The molecular formula is C14H19N3O2. The molecule has 0 spiro atoms. The fourth-order valence-electron chi connectivity index (χ4n) is 1.78. The van der Waals surface area contributed by atoms with E-state index in [1.165, 1.54) is 0 Å². The first-order chi connectivity index (χ1) is 9.11. The smallest absolute Gasteiger partial charge is 0.243 e. The fraction of sp³-hybridized carbons (Fsp3) is 0.429. The number of nitrogens with two attached hydrogens (primary N) is 1. The second kappa shape index (κ2) is 5.84. The lowest BCUT2D eigenvalue weighted by molar-refractivity contribution is 0.322. The third kappa shape index (κ3) is 3.12. The topological polar surface area (TPSA) is 74.2 Å². The molecule has 0 radical (unpaired) electrons. The molecule has 0 aliphatic heterocycles. The van der Waals surface area contributed by atoms with Crippen LogP contribution in [-0.2, 0) is 6.42 Å². The van der Waals surface area contributed by atoms with E-state index in [-0.39, 0.29) is 12.0 Å². The highest BCUT2D eigenvalue weighted by Crippen LogP contribution is 2.21. The zero-order chi connectivity index (χ0) is 13.8. The Hall–Kier alpha value is -1.88. The largest absolute Gasteiger partial charge is 0.496 e. The second-order valence-corrected chi connectivity index (χ2v) is 4.81. The monoisotopic (exact) mass is 261 g/mol. The molecule has 0 bridgehead atoms. The van der Waals surface area contributed by atoms with Crippen LogP contribution in [0.15, 0.2) is 28.8 Å². The maximum atomic E-state index is 5.98. The summed E-state index contributed by atoms with van der Waals surface area (Å²) in [5, 5.41) is 3.97. The molecule has 0 saturated heterocycles. The summed E-state index contributed by atoms with van der Waals surface area (Å²) < 4.78 is 10.5. The Morgan fingerprint density at radius 2 is 2.05 bits per heavy atom. The SMILES string of the molecule is COc1ccccc1Cc1noc([C@H](N)C(C)C)n1. The Balaban J connectivity index is 2.16. The number of rotatable bonds is 5. The summed E-state index contributed by atoms with van der Waals surface area (Å²) in [7, 11) is 1.65. The van der Waals surface area contributed by atoms with E-state index in [1.807, 2.05) is 38.1 Å². The molecule has 0 aliphatic rings. The lowest BCUT2D eigenvalue weighted by atomic mass is 10.1. The van der Waals surface area contributed by atoms with Gasteiger partial charge in [-0.25, -0.2) is 0 Å². The minimum atomic E-state index is -0.223. The van der Waals surface area contributed by atoms with E-state index in [0.29, 0.717) is 18.1 Å². The van der Waals surface area contributed by atoms with Crippen molar-refractivity contribution in [2.75, 3.05) is 7.11 Å². The first kappa shape index (κ1) is 13.5. The molecule has 1 aromatic heterocycles. The number of aromatic nitrogens is 2. The van der Waals surface area contributed by atoms with Crippen LogP contribution in [0.25, 0.3) is 0 Å². The van der Waals surface area contributed by atoms with Gasteiger partial charge in [0.1, 0.15) is 5.75 Å². The Morgan fingerprint density at radius 1 is 1.32 bits per heavy atom. The van der Waals surface area contributed by atoms with Gasteiger partial charge in [-0.2, -0.15) is 4.98 Å². The fourth-order valence-corrected chi connectivity index (χ4v) is 1.78. The van der Waals surface area contributed by atoms with Gasteiger partial charge in [0.15, 0.2) is 5.82 Å². The van der Waals surface area contributed by atoms with E-state index >= 15 is 0 Å². The molecule has 102 valence electrons. The molecule has 1 heterocycles. The third-order valence-corrected chi connectivity index (χ3v) is 3.03. The van der Waals surface area contributed by atoms with Crippen molar-refractivity contribution in [3.05, 3.63) is 41.5 Å². The number of nitrogens with zero attached hydrogens (tertiary/aromatic N) is 2. The molecule has 0 saturated carbocycles. The van der Waals surface area contributed by atoms with Gasteiger partial charge in [-0.3, -0.25) is 0 Å². The zero-order valence-electron chi connectivity index (χ0n) is 11.5. The first-order valence-corrected chi connectivity index (χ1v) is 6.31. The Bertz CT molecular complexity index is 537. The van der Waals surface area contributed by atoms with Crippen LogP contribution >= 0.6 is 0 Å². The summed E-state index contributed by atoms with van der Waals surface area (Å²) in [6.07, 6.45) is 0.568. The first-order valence-electron chi connectivity index (χ1n) is 6.31. The van der Waals surface area contributed by atoms with Crippen LogP contribution in [0.3, 0.4) is 0 Å². The van der Waals surface area contributed by atoms with Crippen molar-refractivity contribution in [1.82, 2.24) is 10.1 Å². The van der Waals surface area contributed by atoms with Gasteiger partial charge in [0.2, 0.25) is 5.89 Å². The Labute approximate surface area is 112 Å². The molecule has 0 unspecified atom stereocenters. The Kier molecular flexibility index (Phi) is 4.16. The average Bonchev–Trinajstić information content (AvgIpc) is 2.87. The quantitative estimate of drug-likeness (QED) is 0.894. The maximum absolute atomic E-state index is 5.98. The summed E-state index contributed by atoms with van der Waals surface area (Å²) in [5.74, 6) is 2.19. The van der Waals surface area contributed by atoms with E-state index in [2.05, 4.69) is 10.1 Å². The van der Waals surface area contributed by atoms with E-state index in [1.54, 1.807) is 7.11 Å². The van der Waals surface area contributed by atoms with Gasteiger partial charge in [0.05, 0.1) is 13.2 Å². The van der Waals surface area contributed by atoms with Crippen molar-refractivity contribution in [2.45, 2.75) is 26.3 Å². The number of hydrogen-bond acceptors (Lipinski definition) is 5.